The van der Waals surface area contributed by atoms with Gasteiger partial charge in [-0.3, -0.25) is 0 Å². The number of anilines is 1. The summed E-state index contributed by atoms with van der Waals surface area (Å²) in [6, 6.07) is 3.31. The van der Waals surface area contributed by atoms with Gasteiger partial charge in [-0.05, 0) is 19.1 Å². The van der Waals surface area contributed by atoms with Crippen LogP contribution < -0.4 is 10.1 Å². The predicted molar refractivity (Wildman–Crippen MR) is 56.3 cm³/mol. The number of nitrogens with one attached hydrogen (secondary N) is 1. The van der Waals surface area contributed by atoms with Crippen LogP contribution in [0.3, 0.4) is 0 Å². The van der Waals surface area contributed by atoms with Crippen LogP contribution in [-0.4, -0.2) is 31.7 Å². The Kier molecular flexibility index (Phi) is 3.91. The zero-order chi connectivity index (χ0) is 11.3. The fraction of sp³-hybridized carbons (Fsp3) is 0.400. The summed E-state index contributed by atoms with van der Waals surface area (Å²) in [5.41, 5.74) is 0.332. The van der Waals surface area contributed by atoms with Crippen molar-refractivity contribution in [3.63, 3.8) is 0 Å². The van der Waals surface area contributed by atoms with Crippen LogP contribution in [0, 0.1) is 0 Å². The van der Waals surface area contributed by atoms with Gasteiger partial charge in [-0.1, -0.05) is 0 Å². The van der Waals surface area contributed by atoms with E-state index in [1.165, 1.54) is 7.11 Å². The van der Waals surface area contributed by atoms with E-state index in [0.29, 0.717) is 18.0 Å². The van der Waals surface area contributed by atoms with Gasteiger partial charge in [0.15, 0.2) is 0 Å². The van der Waals surface area contributed by atoms with Crippen LogP contribution in [0.5, 0.6) is 5.88 Å². The largest absolute Gasteiger partial charge is 0.477 e. The molecule has 0 aliphatic carbocycles. The van der Waals surface area contributed by atoms with Crippen molar-refractivity contribution in [2.24, 2.45) is 0 Å². The Morgan fingerprint density at radius 2 is 2.27 bits per heavy atom. The fourth-order valence-electron chi connectivity index (χ4n) is 1.09. The summed E-state index contributed by atoms with van der Waals surface area (Å²) >= 11 is 0. The van der Waals surface area contributed by atoms with Gasteiger partial charge < -0.3 is 14.8 Å². The van der Waals surface area contributed by atoms with Crippen molar-refractivity contribution < 1.29 is 14.3 Å². The topological polar surface area (TPSA) is 60.5 Å². The molecule has 0 saturated heterocycles. The highest BCUT2D eigenvalue weighted by molar-refractivity contribution is 5.92. The first-order valence-corrected chi connectivity index (χ1v) is 4.62. The maximum absolute atomic E-state index is 11.3. The summed E-state index contributed by atoms with van der Waals surface area (Å²) in [4.78, 5) is 15.5. The first kappa shape index (κ1) is 11.3. The normalized spacial score (nSPS) is 9.53. The van der Waals surface area contributed by atoms with Crippen LogP contribution >= 0.6 is 0 Å². The van der Waals surface area contributed by atoms with Gasteiger partial charge in [-0.25, -0.2) is 4.79 Å². The molecular formula is C10H14N2O3. The minimum absolute atomic E-state index is 0.288. The molecule has 0 aliphatic rings. The average Bonchev–Trinajstić information content (AvgIpc) is 2.28. The van der Waals surface area contributed by atoms with E-state index in [0.717, 1.165) is 0 Å². The van der Waals surface area contributed by atoms with Crippen molar-refractivity contribution in [1.82, 2.24) is 4.98 Å². The van der Waals surface area contributed by atoms with Crippen molar-refractivity contribution >= 4 is 11.8 Å². The lowest BCUT2D eigenvalue weighted by Gasteiger charge is -2.08. The molecule has 5 nitrogen and oxygen atoms in total. The SMILES string of the molecule is CCOc1nc(NC)ccc1C(=O)OC. The molecule has 0 bridgehead atoms. The number of hydrogen-bond donors (Lipinski definition) is 1. The van der Waals surface area contributed by atoms with Gasteiger partial charge in [0, 0.05) is 7.05 Å². The number of nitrogens with zero attached hydrogens (tertiary/aromatic N) is 1. The Bertz CT molecular complexity index is 353. The van der Waals surface area contributed by atoms with Crippen molar-refractivity contribution in [3.8, 4) is 5.88 Å². The number of hydrogen-bond acceptors (Lipinski definition) is 5. The summed E-state index contributed by atoms with van der Waals surface area (Å²) in [5.74, 6) is 0.482. The Morgan fingerprint density at radius 1 is 1.53 bits per heavy atom. The number of pyridine rings is 1. The molecule has 1 aromatic rings. The molecule has 0 spiro atoms. The molecule has 0 atom stereocenters. The molecule has 82 valence electrons. The maximum Gasteiger partial charge on any atom is 0.343 e. The van der Waals surface area contributed by atoms with E-state index in [1.54, 1.807) is 19.2 Å². The number of ether oxygens (including phenoxy) is 2. The van der Waals surface area contributed by atoms with Crippen molar-refractivity contribution in [3.05, 3.63) is 17.7 Å². The molecule has 0 aliphatic heterocycles. The monoisotopic (exact) mass is 210 g/mol. The summed E-state index contributed by atoms with van der Waals surface area (Å²) in [5, 5.41) is 2.87. The van der Waals surface area contributed by atoms with E-state index in [-0.39, 0.29) is 5.88 Å². The lowest BCUT2D eigenvalue weighted by molar-refractivity contribution is 0.0595. The molecule has 1 rings (SSSR count). The Balaban J connectivity index is 3.08. The van der Waals surface area contributed by atoms with Crippen LogP contribution in [0.2, 0.25) is 0 Å². The highest BCUT2D eigenvalue weighted by Gasteiger charge is 2.14. The average molecular weight is 210 g/mol. The predicted octanol–water partition coefficient (Wildman–Crippen LogP) is 1.31. The molecule has 0 fully saturated rings. The van der Waals surface area contributed by atoms with Crippen molar-refractivity contribution in [2.75, 3.05) is 26.1 Å². The molecular weight excluding hydrogens is 196 g/mol. The van der Waals surface area contributed by atoms with Gasteiger partial charge in [0.05, 0.1) is 13.7 Å². The third-order valence-corrected chi connectivity index (χ3v) is 1.80. The third-order valence-electron chi connectivity index (χ3n) is 1.80. The number of esters is 1. The van der Waals surface area contributed by atoms with Gasteiger partial charge in [0.1, 0.15) is 11.4 Å². The molecule has 0 radical (unpaired) electrons. The number of aromatic nitrogens is 1. The summed E-state index contributed by atoms with van der Waals surface area (Å²) in [6.07, 6.45) is 0. The molecule has 0 saturated carbocycles. The van der Waals surface area contributed by atoms with Crippen LogP contribution in [0.15, 0.2) is 12.1 Å². The second-order valence-electron chi connectivity index (χ2n) is 2.72. The van der Waals surface area contributed by atoms with Crippen LogP contribution in [-0.2, 0) is 4.74 Å². The zero-order valence-electron chi connectivity index (χ0n) is 9.03. The summed E-state index contributed by atoms with van der Waals surface area (Å²) < 4.78 is 9.87. The summed E-state index contributed by atoms with van der Waals surface area (Å²) in [7, 11) is 3.07. The maximum atomic E-state index is 11.3. The Morgan fingerprint density at radius 3 is 2.80 bits per heavy atom. The van der Waals surface area contributed by atoms with E-state index in [4.69, 9.17) is 4.74 Å². The molecule has 1 heterocycles. The molecule has 15 heavy (non-hydrogen) atoms. The zero-order valence-corrected chi connectivity index (χ0v) is 9.03. The van der Waals surface area contributed by atoms with Gasteiger partial charge in [0.25, 0.3) is 0 Å². The number of carbonyl (C=O) groups is 1. The van der Waals surface area contributed by atoms with Crippen molar-refractivity contribution in [2.45, 2.75) is 6.92 Å². The number of methoxy groups -OCH3 is 1. The lowest BCUT2D eigenvalue weighted by Crippen LogP contribution is -2.08. The van der Waals surface area contributed by atoms with Crippen LogP contribution in [0.25, 0.3) is 0 Å². The second kappa shape index (κ2) is 5.19. The minimum atomic E-state index is -0.450. The van der Waals surface area contributed by atoms with Gasteiger partial charge >= 0.3 is 5.97 Å². The van der Waals surface area contributed by atoms with E-state index in [2.05, 4.69) is 15.0 Å². The van der Waals surface area contributed by atoms with Gasteiger partial charge in [0.2, 0.25) is 5.88 Å². The molecule has 1 N–H and O–H groups in total. The number of carbonyl (C=O) groups excluding carboxylic acids is 1. The molecule has 0 aromatic carbocycles. The highest BCUT2D eigenvalue weighted by atomic mass is 16.5. The molecule has 0 unspecified atom stereocenters. The van der Waals surface area contributed by atoms with E-state index in [9.17, 15) is 4.79 Å². The fourth-order valence-corrected chi connectivity index (χ4v) is 1.09. The first-order valence-electron chi connectivity index (χ1n) is 4.62. The minimum Gasteiger partial charge on any atom is -0.477 e. The van der Waals surface area contributed by atoms with Gasteiger partial charge in [-0.2, -0.15) is 4.98 Å². The second-order valence-corrected chi connectivity index (χ2v) is 2.72. The Hall–Kier alpha value is -1.78. The summed E-state index contributed by atoms with van der Waals surface area (Å²) in [6.45, 7) is 2.28. The number of rotatable bonds is 4. The highest BCUT2D eigenvalue weighted by Crippen LogP contribution is 2.19. The molecule has 5 heteroatoms. The Labute approximate surface area is 88.4 Å². The smallest absolute Gasteiger partial charge is 0.343 e. The lowest BCUT2D eigenvalue weighted by atomic mass is 10.2. The molecule has 1 aromatic heterocycles. The van der Waals surface area contributed by atoms with Crippen LogP contribution in [0.4, 0.5) is 5.82 Å². The van der Waals surface area contributed by atoms with E-state index >= 15 is 0 Å². The quantitative estimate of drug-likeness (QED) is 0.759. The van der Waals surface area contributed by atoms with Crippen LogP contribution in [0.1, 0.15) is 17.3 Å². The molecule has 0 amide bonds. The third kappa shape index (κ3) is 2.59. The standard InChI is InChI=1S/C10H14N2O3/c1-4-15-9-7(10(13)14-3)5-6-8(11-2)12-9/h5-6H,4H2,1-3H3,(H,11,12). The van der Waals surface area contributed by atoms with Crippen molar-refractivity contribution in [1.29, 1.82) is 0 Å². The van der Waals surface area contributed by atoms with E-state index < -0.39 is 5.97 Å². The van der Waals surface area contributed by atoms with E-state index in [1.807, 2.05) is 6.92 Å². The van der Waals surface area contributed by atoms with Gasteiger partial charge in [-0.15, -0.1) is 0 Å². The first-order chi connectivity index (χ1) is 7.22.